The van der Waals surface area contributed by atoms with E-state index in [0.29, 0.717) is 0 Å². The van der Waals surface area contributed by atoms with Crippen LogP contribution in [0.25, 0.3) is 11.8 Å². The molecule has 2 N–H and O–H groups in total. The van der Waals surface area contributed by atoms with E-state index >= 15 is 0 Å². The molecule has 0 saturated heterocycles. The van der Waals surface area contributed by atoms with Crippen molar-refractivity contribution >= 4 is 11.8 Å². The third kappa shape index (κ3) is 0.773. The number of aryl methyl sites for hydroxylation is 2. The number of hydrogen-bond acceptors (Lipinski definition) is 1. The quantitative estimate of drug-likeness (QED) is 0.594. The van der Waals surface area contributed by atoms with Gasteiger partial charge in [-0.15, -0.1) is 0 Å². The van der Waals surface area contributed by atoms with Crippen LogP contribution in [0.2, 0.25) is 0 Å². The maximum Gasteiger partial charge on any atom is 0.0402 e. The lowest BCUT2D eigenvalue weighted by atomic mass is 9.88. The molecule has 1 aromatic carbocycles. The molecule has 1 aliphatic rings. The second kappa shape index (κ2) is 1.88. The molecular weight excluding hydrogens is 134 g/mol. The first-order chi connectivity index (χ1) is 5.18. The van der Waals surface area contributed by atoms with Crippen molar-refractivity contribution in [3.05, 3.63) is 34.4 Å². The number of fused-ring (bicyclic) bond motifs is 1. The summed E-state index contributed by atoms with van der Waals surface area (Å²) in [4.78, 5) is 0. The van der Waals surface area contributed by atoms with Gasteiger partial charge >= 0.3 is 0 Å². The molecule has 0 aliphatic heterocycles. The summed E-state index contributed by atoms with van der Waals surface area (Å²) in [6, 6.07) is 4.33. The minimum atomic E-state index is 0.928. The van der Waals surface area contributed by atoms with Crippen molar-refractivity contribution in [2.75, 3.05) is 0 Å². The Balaban J connectivity index is 2.65. The van der Waals surface area contributed by atoms with Crippen molar-refractivity contribution in [2.45, 2.75) is 13.8 Å². The van der Waals surface area contributed by atoms with Gasteiger partial charge in [0.2, 0.25) is 0 Å². The van der Waals surface area contributed by atoms with Crippen LogP contribution in [-0.2, 0) is 0 Å². The van der Waals surface area contributed by atoms with Crippen molar-refractivity contribution in [3.63, 3.8) is 0 Å². The second-order valence-electron chi connectivity index (χ2n) is 3.15. The highest BCUT2D eigenvalue weighted by Crippen LogP contribution is 2.32. The topological polar surface area (TPSA) is 26.0 Å². The maximum absolute atomic E-state index is 5.70. The van der Waals surface area contributed by atoms with Crippen molar-refractivity contribution in [2.24, 2.45) is 5.73 Å². The van der Waals surface area contributed by atoms with Crippen LogP contribution in [0, 0.1) is 13.8 Å². The Morgan fingerprint density at radius 3 is 2.45 bits per heavy atom. The summed E-state index contributed by atoms with van der Waals surface area (Å²) in [5.74, 6) is 0. The Labute approximate surface area is 66.5 Å². The third-order valence-corrected chi connectivity index (χ3v) is 2.11. The van der Waals surface area contributed by atoms with Crippen LogP contribution in [-0.4, -0.2) is 0 Å². The summed E-state index contributed by atoms with van der Waals surface area (Å²) >= 11 is 0. The number of benzene rings is 1. The van der Waals surface area contributed by atoms with Crippen LogP contribution in [0.5, 0.6) is 0 Å². The minimum Gasteiger partial charge on any atom is -0.398 e. The molecule has 0 spiro atoms. The predicted octanol–water partition coefficient (Wildman–Crippen LogP) is 2.07. The van der Waals surface area contributed by atoms with Crippen LogP contribution < -0.4 is 5.73 Å². The number of nitrogens with two attached hydrogens (primary N) is 1. The second-order valence-corrected chi connectivity index (χ2v) is 3.15. The zero-order valence-electron chi connectivity index (χ0n) is 6.81. The lowest BCUT2D eigenvalue weighted by molar-refractivity contribution is 1.30. The lowest BCUT2D eigenvalue weighted by Gasteiger charge is -2.19. The van der Waals surface area contributed by atoms with E-state index in [0.717, 1.165) is 5.70 Å². The van der Waals surface area contributed by atoms with Gasteiger partial charge in [-0.05, 0) is 31.1 Å². The molecule has 0 bridgehead atoms. The van der Waals surface area contributed by atoms with Gasteiger partial charge in [0, 0.05) is 11.3 Å². The van der Waals surface area contributed by atoms with Crippen molar-refractivity contribution < 1.29 is 0 Å². The highest BCUT2D eigenvalue weighted by molar-refractivity contribution is 5.95. The molecule has 2 rings (SSSR count). The normalized spacial score (nSPS) is 13.5. The minimum absolute atomic E-state index is 0.928. The van der Waals surface area contributed by atoms with Crippen LogP contribution in [0.1, 0.15) is 22.3 Å². The van der Waals surface area contributed by atoms with Gasteiger partial charge in [0.05, 0.1) is 0 Å². The van der Waals surface area contributed by atoms with E-state index in [-0.39, 0.29) is 0 Å². The lowest BCUT2D eigenvalue weighted by Crippen LogP contribution is -2.09. The number of hydrogen-bond donors (Lipinski definition) is 1. The van der Waals surface area contributed by atoms with Gasteiger partial charge in [-0.2, -0.15) is 0 Å². The summed E-state index contributed by atoms with van der Waals surface area (Å²) in [7, 11) is 0. The molecule has 0 aromatic heterocycles. The van der Waals surface area contributed by atoms with Crippen LogP contribution in [0.15, 0.2) is 12.1 Å². The standard InChI is InChI=1S/C10H11N/c1-6-3-7(2)10-8(4-6)5-9(10)11/h3-5H,11H2,1-2H3. The summed E-state index contributed by atoms with van der Waals surface area (Å²) in [5.41, 5.74) is 11.8. The Bertz CT molecular complexity index is 348. The Kier molecular flexibility index (Phi) is 1.10. The van der Waals surface area contributed by atoms with E-state index in [1.54, 1.807) is 0 Å². The van der Waals surface area contributed by atoms with Crippen molar-refractivity contribution in [3.8, 4) is 0 Å². The smallest absolute Gasteiger partial charge is 0.0402 e. The Morgan fingerprint density at radius 1 is 1.18 bits per heavy atom. The van der Waals surface area contributed by atoms with E-state index in [9.17, 15) is 0 Å². The van der Waals surface area contributed by atoms with Crippen molar-refractivity contribution in [1.82, 2.24) is 0 Å². The predicted molar refractivity (Wildman–Crippen MR) is 48.0 cm³/mol. The fourth-order valence-electron chi connectivity index (χ4n) is 1.67. The SMILES string of the molecule is Cc1cc(C)c2c(c1)C=C2N. The van der Waals surface area contributed by atoms with Crippen molar-refractivity contribution in [1.29, 1.82) is 0 Å². The number of rotatable bonds is 0. The molecular formula is C10H11N. The average Bonchev–Trinajstić information content (AvgIpc) is 1.83. The fourth-order valence-corrected chi connectivity index (χ4v) is 1.67. The fraction of sp³-hybridized carbons (Fsp3) is 0.200. The monoisotopic (exact) mass is 145 g/mol. The average molecular weight is 145 g/mol. The van der Waals surface area contributed by atoms with E-state index < -0.39 is 0 Å². The first-order valence-corrected chi connectivity index (χ1v) is 3.77. The summed E-state index contributed by atoms with van der Waals surface area (Å²) < 4.78 is 0. The highest BCUT2D eigenvalue weighted by Gasteiger charge is 2.15. The maximum atomic E-state index is 5.70. The largest absolute Gasteiger partial charge is 0.398 e. The van der Waals surface area contributed by atoms with Gasteiger partial charge in [0.25, 0.3) is 0 Å². The first kappa shape index (κ1) is 6.47. The molecule has 1 heteroatoms. The summed E-state index contributed by atoms with van der Waals surface area (Å²) in [5, 5.41) is 0. The zero-order chi connectivity index (χ0) is 8.01. The molecule has 56 valence electrons. The molecule has 1 nitrogen and oxygen atoms in total. The van der Waals surface area contributed by atoms with Crippen LogP contribution in [0.4, 0.5) is 0 Å². The van der Waals surface area contributed by atoms with E-state index in [4.69, 9.17) is 5.73 Å². The molecule has 11 heavy (non-hydrogen) atoms. The Hall–Kier alpha value is -1.24. The van der Waals surface area contributed by atoms with Gasteiger partial charge in [-0.25, -0.2) is 0 Å². The molecule has 0 amide bonds. The Morgan fingerprint density at radius 2 is 1.91 bits per heavy atom. The summed E-state index contributed by atoms with van der Waals surface area (Å²) in [6.07, 6.45) is 2.02. The summed E-state index contributed by atoms with van der Waals surface area (Å²) in [6.45, 7) is 4.21. The van der Waals surface area contributed by atoms with Gasteiger partial charge in [-0.3, -0.25) is 0 Å². The van der Waals surface area contributed by atoms with Gasteiger partial charge in [0.15, 0.2) is 0 Å². The van der Waals surface area contributed by atoms with E-state index in [1.165, 1.54) is 22.3 Å². The first-order valence-electron chi connectivity index (χ1n) is 3.77. The van der Waals surface area contributed by atoms with Crippen LogP contribution >= 0.6 is 0 Å². The zero-order valence-corrected chi connectivity index (χ0v) is 6.81. The molecule has 0 radical (unpaired) electrons. The highest BCUT2D eigenvalue weighted by atomic mass is 14.6. The molecule has 1 aromatic rings. The molecule has 1 aliphatic carbocycles. The van der Waals surface area contributed by atoms with Gasteiger partial charge in [-0.1, -0.05) is 17.7 Å². The van der Waals surface area contributed by atoms with Gasteiger partial charge in [0.1, 0.15) is 0 Å². The third-order valence-electron chi connectivity index (χ3n) is 2.11. The van der Waals surface area contributed by atoms with E-state index in [2.05, 4.69) is 26.0 Å². The van der Waals surface area contributed by atoms with Gasteiger partial charge < -0.3 is 5.73 Å². The molecule has 0 atom stereocenters. The van der Waals surface area contributed by atoms with E-state index in [1.807, 2.05) is 6.08 Å². The van der Waals surface area contributed by atoms with Crippen LogP contribution in [0.3, 0.4) is 0 Å². The molecule has 0 heterocycles. The molecule has 0 saturated carbocycles. The molecule has 0 unspecified atom stereocenters. The molecule has 0 fully saturated rings.